The van der Waals surface area contributed by atoms with Gasteiger partial charge in [0, 0.05) is 33.1 Å². The number of rotatable bonds is 5. The summed E-state index contributed by atoms with van der Waals surface area (Å²) in [7, 11) is 1.54. The van der Waals surface area contributed by atoms with Crippen LogP contribution in [0.4, 0.5) is 15.8 Å². The van der Waals surface area contributed by atoms with Crippen LogP contribution in [-0.4, -0.2) is 26.6 Å². The minimum Gasteiger partial charge on any atom is -0.355 e. The number of fused-ring (bicyclic) bond motifs is 1. The summed E-state index contributed by atoms with van der Waals surface area (Å²) >= 11 is 0. The SMILES string of the molecule is CC(=O)NCCn1cnc(=O)c2c(Nc3ccc(C)cc3F)cc(=O)n(C)c21. The molecule has 9 heteroatoms. The summed E-state index contributed by atoms with van der Waals surface area (Å²) in [5.74, 6) is -0.687. The third kappa shape index (κ3) is 3.78. The Morgan fingerprint density at radius 1 is 1.21 bits per heavy atom. The van der Waals surface area contributed by atoms with E-state index in [1.807, 2.05) is 0 Å². The molecule has 3 rings (SSSR count). The predicted molar refractivity (Wildman–Crippen MR) is 104 cm³/mol. The summed E-state index contributed by atoms with van der Waals surface area (Å²) in [4.78, 5) is 39.9. The van der Waals surface area contributed by atoms with E-state index in [9.17, 15) is 18.8 Å². The Morgan fingerprint density at radius 2 is 1.96 bits per heavy atom. The maximum absolute atomic E-state index is 14.3. The number of benzene rings is 1. The number of aryl methyl sites for hydroxylation is 2. The number of anilines is 2. The Labute approximate surface area is 159 Å². The van der Waals surface area contributed by atoms with Gasteiger partial charge in [0.15, 0.2) is 0 Å². The first-order valence-corrected chi connectivity index (χ1v) is 8.64. The van der Waals surface area contributed by atoms with Crippen LogP contribution in [0.2, 0.25) is 0 Å². The normalized spacial score (nSPS) is 10.9. The van der Waals surface area contributed by atoms with Crippen molar-refractivity contribution in [3.63, 3.8) is 0 Å². The molecule has 0 spiro atoms. The highest BCUT2D eigenvalue weighted by molar-refractivity contribution is 5.90. The van der Waals surface area contributed by atoms with E-state index in [1.54, 1.807) is 23.6 Å². The highest BCUT2D eigenvalue weighted by Crippen LogP contribution is 2.24. The molecule has 0 atom stereocenters. The molecule has 146 valence electrons. The van der Waals surface area contributed by atoms with Gasteiger partial charge in [0.2, 0.25) is 5.91 Å². The second-order valence-corrected chi connectivity index (χ2v) is 6.49. The molecule has 2 heterocycles. The minimum absolute atomic E-state index is 0.146. The van der Waals surface area contributed by atoms with E-state index in [4.69, 9.17) is 0 Å². The van der Waals surface area contributed by atoms with Crippen LogP contribution in [-0.2, 0) is 18.4 Å². The average Bonchev–Trinajstić information content (AvgIpc) is 2.62. The third-order valence-corrected chi connectivity index (χ3v) is 4.33. The average molecular weight is 385 g/mol. The fourth-order valence-corrected chi connectivity index (χ4v) is 2.95. The lowest BCUT2D eigenvalue weighted by Gasteiger charge is -2.16. The van der Waals surface area contributed by atoms with Gasteiger partial charge in [-0.1, -0.05) is 6.07 Å². The zero-order valence-electron chi connectivity index (χ0n) is 15.7. The number of hydrogen-bond donors (Lipinski definition) is 2. The van der Waals surface area contributed by atoms with Crippen LogP contribution >= 0.6 is 0 Å². The van der Waals surface area contributed by atoms with Crippen LogP contribution in [0.1, 0.15) is 12.5 Å². The van der Waals surface area contributed by atoms with E-state index in [2.05, 4.69) is 15.6 Å². The molecular weight excluding hydrogens is 365 g/mol. The van der Waals surface area contributed by atoms with E-state index in [0.717, 1.165) is 5.56 Å². The minimum atomic E-state index is -0.545. The van der Waals surface area contributed by atoms with Gasteiger partial charge in [-0.25, -0.2) is 4.39 Å². The zero-order chi connectivity index (χ0) is 20.4. The summed E-state index contributed by atoms with van der Waals surface area (Å²) in [6, 6.07) is 5.86. The topological polar surface area (TPSA) is 98.0 Å². The molecule has 0 fully saturated rings. The van der Waals surface area contributed by atoms with Gasteiger partial charge in [0.25, 0.3) is 11.1 Å². The molecular formula is C19H20FN5O3. The number of amides is 1. The monoisotopic (exact) mass is 385 g/mol. The molecule has 0 aliphatic rings. The number of nitrogens with zero attached hydrogens (tertiary/aromatic N) is 3. The van der Waals surface area contributed by atoms with Crippen LogP contribution in [0.25, 0.3) is 11.0 Å². The Balaban J connectivity index is 2.16. The molecule has 0 aliphatic carbocycles. The van der Waals surface area contributed by atoms with Crippen molar-refractivity contribution in [2.75, 3.05) is 11.9 Å². The maximum Gasteiger partial charge on any atom is 0.284 e. The van der Waals surface area contributed by atoms with E-state index >= 15 is 0 Å². The van der Waals surface area contributed by atoms with Crippen molar-refractivity contribution in [2.24, 2.45) is 7.05 Å². The largest absolute Gasteiger partial charge is 0.355 e. The molecule has 0 saturated carbocycles. The molecule has 0 saturated heterocycles. The van der Waals surface area contributed by atoms with Crippen molar-refractivity contribution in [1.82, 2.24) is 19.4 Å². The molecule has 0 unspecified atom stereocenters. The van der Waals surface area contributed by atoms with Crippen LogP contribution in [0.3, 0.4) is 0 Å². The van der Waals surface area contributed by atoms with Gasteiger partial charge < -0.3 is 15.2 Å². The zero-order valence-corrected chi connectivity index (χ0v) is 15.7. The molecule has 28 heavy (non-hydrogen) atoms. The fourth-order valence-electron chi connectivity index (χ4n) is 2.95. The first-order chi connectivity index (χ1) is 13.3. The van der Waals surface area contributed by atoms with Gasteiger partial charge in [-0.2, -0.15) is 4.98 Å². The standard InChI is InChI=1S/C19H20FN5O3/c1-11-4-5-14(13(20)8-11)23-15-9-16(27)24(3)19-17(15)18(28)22-10-25(19)7-6-21-12(2)26/h4-5,8-10,23H,6-7H2,1-3H3,(H,21,26). The Morgan fingerprint density at radius 3 is 2.64 bits per heavy atom. The summed E-state index contributed by atoms with van der Waals surface area (Å²) in [6.45, 7) is 3.76. The smallest absolute Gasteiger partial charge is 0.284 e. The summed E-state index contributed by atoms with van der Waals surface area (Å²) in [5.41, 5.74) is 0.477. The van der Waals surface area contributed by atoms with Gasteiger partial charge in [0.05, 0.1) is 11.4 Å². The Kier molecular flexibility index (Phi) is 5.25. The van der Waals surface area contributed by atoms with Gasteiger partial charge in [-0.3, -0.25) is 19.0 Å². The number of hydrogen-bond acceptors (Lipinski definition) is 5. The second-order valence-electron chi connectivity index (χ2n) is 6.49. The first-order valence-electron chi connectivity index (χ1n) is 8.64. The molecule has 1 aromatic carbocycles. The van der Waals surface area contributed by atoms with Crippen LogP contribution < -0.4 is 21.8 Å². The predicted octanol–water partition coefficient (Wildman–Crippen LogP) is 1.42. The molecule has 1 amide bonds. The van der Waals surface area contributed by atoms with Gasteiger partial charge in [0.1, 0.15) is 23.2 Å². The molecule has 0 aliphatic heterocycles. The Hall–Kier alpha value is -3.49. The number of carbonyl (C=O) groups excluding carboxylic acids is 1. The number of halogens is 1. The van der Waals surface area contributed by atoms with E-state index in [1.165, 1.54) is 37.0 Å². The lowest BCUT2D eigenvalue weighted by Crippen LogP contribution is -2.29. The van der Waals surface area contributed by atoms with E-state index in [0.29, 0.717) is 18.7 Å². The van der Waals surface area contributed by atoms with Crippen LogP contribution in [0.15, 0.2) is 40.2 Å². The highest BCUT2D eigenvalue weighted by atomic mass is 19.1. The van der Waals surface area contributed by atoms with Crippen LogP contribution in [0, 0.1) is 12.7 Å². The summed E-state index contributed by atoms with van der Waals surface area (Å²) in [5, 5.41) is 5.66. The van der Waals surface area contributed by atoms with Crippen molar-refractivity contribution in [2.45, 2.75) is 20.4 Å². The lowest BCUT2D eigenvalue weighted by atomic mass is 10.2. The van der Waals surface area contributed by atoms with Gasteiger partial charge >= 0.3 is 0 Å². The van der Waals surface area contributed by atoms with Crippen molar-refractivity contribution < 1.29 is 9.18 Å². The maximum atomic E-state index is 14.3. The van der Waals surface area contributed by atoms with Gasteiger partial charge in [-0.05, 0) is 24.6 Å². The van der Waals surface area contributed by atoms with Crippen LogP contribution in [0.5, 0.6) is 0 Å². The summed E-state index contributed by atoms with van der Waals surface area (Å²) < 4.78 is 17.2. The van der Waals surface area contributed by atoms with E-state index < -0.39 is 11.4 Å². The van der Waals surface area contributed by atoms with Crippen molar-refractivity contribution in [3.8, 4) is 0 Å². The molecule has 0 bridgehead atoms. The van der Waals surface area contributed by atoms with Crippen molar-refractivity contribution >= 4 is 28.3 Å². The first kappa shape index (κ1) is 19.3. The highest BCUT2D eigenvalue weighted by Gasteiger charge is 2.15. The molecule has 8 nitrogen and oxygen atoms in total. The number of nitrogens with one attached hydrogen (secondary N) is 2. The lowest BCUT2D eigenvalue weighted by molar-refractivity contribution is -0.118. The summed E-state index contributed by atoms with van der Waals surface area (Å²) in [6.07, 6.45) is 1.32. The van der Waals surface area contributed by atoms with E-state index in [-0.39, 0.29) is 28.2 Å². The molecule has 0 radical (unpaired) electrons. The number of carbonyl (C=O) groups is 1. The molecule has 2 aromatic heterocycles. The van der Waals surface area contributed by atoms with Crippen molar-refractivity contribution in [3.05, 3.63) is 62.7 Å². The molecule has 2 N–H and O–H groups in total. The van der Waals surface area contributed by atoms with Gasteiger partial charge in [-0.15, -0.1) is 0 Å². The van der Waals surface area contributed by atoms with Crippen molar-refractivity contribution in [1.29, 1.82) is 0 Å². The second kappa shape index (κ2) is 7.63. The number of pyridine rings is 1. The molecule has 3 aromatic rings. The Bertz CT molecular complexity index is 1180. The fraction of sp³-hybridized carbons (Fsp3) is 0.263. The third-order valence-electron chi connectivity index (χ3n) is 4.33. The number of aromatic nitrogens is 3. The quantitative estimate of drug-likeness (QED) is 0.692.